The number of anilines is 1. The molecular weight excluding hydrogens is 529 g/mol. The Morgan fingerprint density at radius 2 is 2.13 bits per heavy atom. The number of aromatic nitrogens is 1. The van der Waals surface area contributed by atoms with Gasteiger partial charge >= 0.3 is 0 Å². The van der Waals surface area contributed by atoms with Crippen molar-refractivity contribution < 1.29 is 22.7 Å². The molecule has 1 unspecified atom stereocenters. The normalized spacial score (nSPS) is 16.3. The molecule has 1 fully saturated rings. The van der Waals surface area contributed by atoms with Crippen LogP contribution in [-0.2, 0) is 14.8 Å². The summed E-state index contributed by atoms with van der Waals surface area (Å²) in [7, 11) is -3.70. The molecule has 1 aromatic heterocycles. The smallest absolute Gasteiger partial charge is 0.232 e. The molecule has 1 aliphatic heterocycles. The lowest BCUT2D eigenvalue weighted by atomic mass is 10.0. The number of guanidine groups is 1. The summed E-state index contributed by atoms with van der Waals surface area (Å²) in [4.78, 5) is 9.66. The highest BCUT2D eigenvalue weighted by molar-refractivity contribution is 7.92. The number of halogens is 1. The highest BCUT2D eigenvalue weighted by Gasteiger charge is 2.26. The van der Waals surface area contributed by atoms with Crippen LogP contribution in [0.3, 0.4) is 0 Å². The van der Waals surface area contributed by atoms with Gasteiger partial charge in [-0.1, -0.05) is 32.6 Å². The number of aliphatic imine (C=N–C) groups is 1. The Balaban J connectivity index is 2.09. The lowest BCUT2D eigenvalue weighted by molar-refractivity contribution is 0.0853. The van der Waals surface area contributed by atoms with Crippen LogP contribution < -0.4 is 15.8 Å². The summed E-state index contributed by atoms with van der Waals surface area (Å²) < 4.78 is 48.3. The number of nitrogens with one attached hydrogen (secondary N) is 2. The molecule has 1 aliphatic rings. The Labute approximate surface area is 227 Å². The minimum absolute atomic E-state index is 0.0825. The fourth-order valence-corrected chi connectivity index (χ4v) is 6.27. The van der Waals surface area contributed by atoms with Crippen molar-refractivity contribution in [3.63, 3.8) is 0 Å². The summed E-state index contributed by atoms with van der Waals surface area (Å²) in [6, 6.07) is 4.55. The fraction of sp³-hybridized carbons (Fsp3) is 0.462. The first-order valence-corrected chi connectivity index (χ1v) is 15.1. The van der Waals surface area contributed by atoms with Crippen LogP contribution in [0, 0.1) is 5.82 Å². The molecule has 1 aromatic carbocycles. The van der Waals surface area contributed by atoms with E-state index in [9.17, 15) is 13.5 Å². The number of hydrogen-bond acceptors (Lipinski definition) is 7. The molecule has 3 rings (SSSR count). The van der Waals surface area contributed by atoms with Gasteiger partial charge in [-0.25, -0.2) is 17.8 Å². The molecule has 1 saturated heterocycles. The van der Waals surface area contributed by atoms with Crippen molar-refractivity contribution in [2.45, 2.75) is 51.6 Å². The largest absolute Gasteiger partial charge is 0.391 e. The molecule has 2 heterocycles. The maximum atomic E-state index is 15.8. The van der Waals surface area contributed by atoms with Gasteiger partial charge in [-0.05, 0) is 43.9 Å². The summed E-state index contributed by atoms with van der Waals surface area (Å²) in [6.07, 6.45) is 5.17. The van der Waals surface area contributed by atoms with Gasteiger partial charge in [0.2, 0.25) is 10.0 Å². The molecule has 1 atom stereocenters. The van der Waals surface area contributed by atoms with Crippen molar-refractivity contribution in [1.29, 1.82) is 0 Å². The van der Waals surface area contributed by atoms with Crippen LogP contribution in [0.2, 0.25) is 0 Å². The molecule has 2 aromatic rings. The van der Waals surface area contributed by atoms with Crippen molar-refractivity contribution in [2.75, 3.05) is 30.2 Å². The predicted molar refractivity (Wildman–Crippen MR) is 152 cm³/mol. The summed E-state index contributed by atoms with van der Waals surface area (Å²) in [5.74, 6) is -0.609. The van der Waals surface area contributed by atoms with E-state index in [2.05, 4.69) is 21.6 Å². The van der Waals surface area contributed by atoms with E-state index in [0.717, 1.165) is 17.8 Å². The zero-order chi connectivity index (χ0) is 27.7. The second kappa shape index (κ2) is 13.8. The van der Waals surface area contributed by atoms with E-state index in [1.54, 1.807) is 31.2 Å². The molecule has 5 N–H and O–H groups in total. The minimum Gasteiger partial charge on any atom is -0.391 e. The van der Waals surface area contributed by atoms with E-state index in [1.807, 2.05) is 6.92 Å². The Morgan fingerprint density at radius 1 is 1.39 bits per heavy atom. The number of aliphatic hydroxyl groups is 1. The number of benzene rings is 1. The number of hydrogen-bond donors (Lipinski definition) is 4. The number of rotatable bonds is 12. The van der Waals surface area contributed by atoms with Gasteiger partial charge in [0.05, 0.1) is 45.4 Å². The number of sulfonamides is 1. The van der Waals surface area contributed by atoms with E-state index in [4.69, 9.17) is 15.5 Å². The van der Waals surface area contributed by atoms with Crippen molar-refractivity contribution in [3.05, 3.63) is 52.6 Å². The predicted octanol–water partition coefficient (Wildman–Crippen LogP) is 4.20. The van der Waals surface area contributed by atoms with Crippen LogP contribution in [0.4, 0.5) is 10.1 Å². The molecular formula is C26H36FN5O4S2. The van der Waals surface area contributed by atoms with Crippen LogP contribution in [0.1, 0.15) is 55.3 Å². The average molecular weight is 566 g/mol. The Bertz CT molecular complexity index is 1270. The van der Waals surface area contributed by atoms with Gasteiger partial charge in [0.15, 0.2) is 11.8 Å². The SMILES string of the molecule is C=C/C=C(\NC(N)=NCC(O)CC)c1sc(C2CCOCC2)nc1-c1cccc(NS(=O)(=O)CCC)c1F. The zero-order valence-electron chi connectivity index (χ0n) is 21.7. The first-order chi connectivity index (χ1) is 18.2. The van der Waals surface area contributed by atoms with Crippen LogP contribution in [0.15, 0.2) is 41.9 Å². The number of nitrogens with two attached hydrogens (primary N) is 1. The first-order valence-electron chi connectivity index (χ1n) is 12.6. The standard InChI is InChI=1S/C26H36FN5O4S2/c1-4-8-21(30-26(28)29-16-18(33)6-3)24-23(31-25(37-24)17-11-13-36-14-12-17)19-9-7-10-20(22(19)27)32-38(34,35)15-5-2/h4,7-10,17-18,32-33H,1,5-6,11-16H2,2-3H3,(H3,28,29,30)/b21-8-. The van der Waals surface area contributed by atoms with Gasteiger partial charge in [0, 0.05) is 24.7 Å². The maximum absolute atomic E-state index is 15.8. The average Bonchev–Trinajstić information content (AvgIpc) is 3.34. The lowest BCUT2D eigenvalue weighted by Crippen LogP contribution is -2.31. The summed E-state index contributed by atoms with van der Waals surface area (Å²) in [5.41, 5.74) is 6.98. The third-order valence-electron chi connectivity index (χ3n) is 5.94. The van der Waals surface area contributed by atoms with Crippen molar-refractivity contribution in [3.8, 4) is 11.3 Å². The van der Waals surface area contributed by atoms with Gasteiger partial charge in [0.25, 0.3) is 0 Å². The highest BCUT2D eigenvalue weighted by Crippen LogP contribution is 2.40. The summed E-state index contributed by atoms with van der Waals surface area (Å²) >= 11 is 1.41. The van der Waals surface area contributed by atoms with Gasteiger partial charge in [-0.15, -0.1) is 11.3 Å². The topological polar surface area (TPSA) is 139 Å². The zero-order valence-corrected chi connectivity index (χ0v) is 23.4. The third kappa shape index (κ3) is 7.85. The molecule has 0 aliphatic carbocycles. The molecule has 0 bridgehead atoms. The maximum Gasteiger partial charge on any atom is 0.232 e. The number of allylic oxidation sites excluding steroid dienone is 2. The lowest BCUT2D eigenvalue weighted by Gasteiger charge is -2.19. The van der Waals surface area contributed by atoms with Crippen LogP contribution in [0.25, 0.3) is 17.0 Å². The van der Waals surface area contributed by atoms with Gasteiger partial charge < -0.3 is 20.9 Å². The quantitative estimate of drug-likeness (QED) is 0.172. The molecule has 0 amide bonds. The molecule has 0 saturated carbocycles. The van der Waals surface area contributed by atoms with Gasteiger partial charge in [-0.3, -0.25) is 9.71 Å². The van der Waals surface area contributed by atoms with Gasteiger partial charge in [0.1, 0.15) is 0 Å². The molecule has 0 spiro atoms. The number of aliphatic hydroxyl groups excluding tert-OH is 1. The molecule has 9 nitrogen and oxygen atoms in total. The fourth-order valence-electron chi connectivity index (χ4n) is 3.90. The third-order valence-corrected chi connectivity index (χ3v) is 8.67. The van der Waals surface area contributed by atoms with Crippen molar-refractivity contribution in [1.82, 2.24) is 10.3 Å². The van der Waals surface area contributed by atoms with Crippen molar-refractivity contribution in [2.24, 2.45) is 10.7 Å². The van der Waals surface area contributed by atoms with E-state index < -0.39 is 21.9 Å². The van der Waals surface area contributed by atoms with Crippen LogP contribution in [0.5, 0.6) is 0 Å². The number of thiazole rings is 1. The van der Waals surface area contributed by atoms with Crippen LogP contribution >= 0.6 is 11.3 Å². The van der Waals surface area contributed by atoms with E-state index >= 15 is 4.39 Å². The molecule has 208 valence electrons. The molecule has 38 heavy (non-hydrogen) atoms. The first kappa shape index (κ1) is 29.8. The van der Waals surface area contributed by atoms with E-state index in [0.29, 0.717) is 42.3 Å². The molecule has 0 radical (unpaired) electrons. The van der Waals surface area contributed by atoms with Gasteiger partial charge in [-0.2, -0.15) is 0 Å². The Kier molecular flexibility index (Phi) is 10.8. The molecule has 12 heteroatoms. The summed E-state index contributed by atoms with van der Waals surface area (Å²) in [5, 5.41) is 13.7. The number of ether oxygens (including phenoxy) is 1. The Hall–Kier alpha value is -2.80. The second-order valence-corrected chi connectivity index (χ2v) is 11.8. The van der Waals surface area contributed by atoms with E-state index in [1.165, 1.54) is 17.4 Å². The Morgan fingerprint density at radius 3 is 2.79 bits per heavy atom. The highest BCUT2D eigenvalue weighted by atomic mass is 32.2. The minimum atomic E-state index is -3.70. The van der Waals surface area contributed by atoms with Crippen molar-refractivity contribution >= 4 is 38.7 Å². The van der Waals surface area contributed by atoms with E-state index in [-0.39, 0.29) is 35.4 Å². The number of nitrogens with zero attached hydrogens (tertiary/aromatic N) is 2. The summed E-state index contributed by atoms with van der Waals surface area (Å²) in [6.45, 7) is 8.74. The van der Waals surface area contributed by atoms with Crippen LogP contribution in [-0.4, -0.2) is 56.1 Å². The monoisotopic (exact) mass is 565 g/mol. The second-order valence-electron chi connectivity index (χ2n) is 8.93.